The molecule has 0 spiro atoms. The van der Waals surface area contributed by atoms with Crippen molar-refractivity contribution in [3.8, 4) is 0 Å². The van der Waals surface area contributed by atoms with Gasteiger partial charge in [-0.2, -0.15) is 0 Å². The summed E-state index contributed by atoms with van der Waals surface area (Å²) in [5.74, 6) is -0.788. The van der Waals surface area contributed by atoms with E-state index in [2.05, 4.69) is 5.32 Å². The fraction of sp³-hybridized carbons (Fsp3) is 0.200. The second kappa shape index (κ2) is 6.83. The Morgan fingerprint density at radius 2 is 2.05 bits per heavy atom. The first-order valence-electron chi connectivity index (χ1n) is 6.30. The quantitative estimate of drug-likeness (QED) is 0.852. The topological polar surface area (TPSA) is 46.2 Å². The normalized spacial score (nSPS) is 10.4. The summed E-state index contributed by atoms with van der Waals surface area (Å²) in [4.78, 5) is 24.8. The van der Waals surface area contributed by atoms with Gasteiger partial charge in [-0.15, -0.1) is 11.3 Å². The molecule has 1 aromatic heterocycles. The van der Waals surface area contributed by atoms with E-state index in [9.17, 15) is 14.0 Å². The summed E-state index contributed by atoms with van der Waals surface area (Å²) < 4.78 is 12.9. The maximum Gasteiger partial charge on any atom is 0.252 e. The van der Waals surface area contributed by atoms with E-state index in [0.717, 1.165) is 10.9 Å². The SMILES string of the molecule is CC(=O)c1ccc(CCNC(=O)c2ccc(F)cc2Cl)s1. The minimum Gasteiger partial charge on any atom is -0.352 e. The van der Waals surface area contributed by atoms with Crippen molar-refractivity contribution in [2.45, 2.75) is 13.3 Å². The highest BCUT2D eigenvalue weighted by molar-refractivity contribution is 7.14. The summed E-state index contributed by atoms with van der Waals surface area (Å²) in [5, 5.41) is 2.81. The third kappa shape index (κ3) is 4.12. The first-order valence-corrected chi connectivity index (χ1v) is 7.49. The fourth-order valence-electron chi connectivity index (χ4n) is 1.77. The highest BCUT2D eigenvalue weighted by Crippen LogP contribution is 2.18. The predicted molar refractivity (Wildman–Crippen MR) is 81.8 cm³/mol. The van der Waals surface area contributed by atoms with Gasteiger partial charge in [-0.05, 0) is 43.7 Å². The van der Waals surface area contributed by atoms with Crippen molar-refractivity contribution in [2.75, 3.05) is 6.54 Å². The van der Waals surface area contributed by atoms with Gasteiger partial charge in [-0.3, -0.25) is 9.59 Å². The molecule has 3 nitrogen and oxygen atoms in total. The van der Waals surface area contributed by atoms with Crippen molar-refractivity contribution in [3.63, 3.8) is 0 Å². The van der Waals surface area contributed by atoms with Gasteiger partial charge in [-0.25, -0.2) is 4.39 Å². The molecule has 1 heterocycles. The number of hydrogen-bond acceptors (Lipinski definition) is 3. The van der Waals surface area contributed by atoms with Gasteiger partial charge >= 0.3 is 0 Å². The Balaban J connectivity index is 1.90. The lowest BCUT2D eigenvalue weighted by molar-refractivity contribution is 0.0953. The van der Waals surface area contributed by atoms with Crippen LogP contribution in [0.5, 0.6) is 0 Å². The van der Waals surface area contributed by atoms with E-state index in [0.29, 0.717) is 17.8 Å². The predicted octanol–water partition coefficient (Wildman–Crippen LogP) is 3.72. The van der Waals surface area contributed by atoms with Crippen LogP contribution in [0.1, 0.15) is 31.8 Å². The van der Waals surface area contributed by atoms with Crippen LogP contribution in [-0.2, 0) is 6.42 Å². The van der Waals surface area contributed by atoms with Gasteiger partial charge in [0.05, 0.1) is 15.5 Å². The minimum atomic E-state index is -0.480. The van der Waals surface area contributed by atoms with Crippen LogP contribution >= 0.6 is 22.9 Å². The average Bonchev–Trinajstić information content (AvgIpc) is 2.87. The highest BCUT2D eigenvalue weighted by Gasteiger charge is 2.11. The van der Waals surface area contributed by atoms with Crippen LogP contribution in [0, 0.1) is 5.82 Å². The van der Waals surface area contributed by atoms with Gasteiger partial charge in [0.2, 0.25) is 0 Å². The Morgan fingerprint density at radius 3 is 2.67 bits per heavy atom. The number of benzene rings is 1. The third-order valence-electron chi connectivity index (χ3n) is 2.84. The Kier molecular flexibility index (Phi) is 5.09. The van der Waals surface area contributed by atoms with Crippen LogP contribution in [0.4, 0.5) is 4.39 Å². The lowest BCUT2D eigenvalue weighted by Crippen LogP contribution is -2.25. The molecule has 1 N–H and O–H groups in total. The van der Waals surface area contributed by atoms with Gasteiger partial charge in [0.25, 0.3) is 5.91 Å². The number of carbonyl (C=O) groups is 2. The maximum atomic E-state index is 12.9. The van der Waals surface area contributed by atoms with Gasteiger partial charge in [0.1, 0.15) is 5.82 Å². The average molecular weight is 326 g/mol. The van der Waals surface area contributed by atoms with Crippen molar-refractivity contribution >= 4 is 34.6 Å². The molecule has 0 aliphatic rings. The Hall–Kier alpha value is -1.72. The van der Waals surface area contributed by atoms with Crippen molar-refractivity contribution in [1.29, 1.82) is 0 Å². The lowest BCUT2D eigenvalue weighted by atomic mass is 10.2. The molecular formula is C15H13ClFNO2S. The number of halogens is 2. The van der Waals surface area contributed by atoms with Crippen LogP contribution in [0.3, 0.4) is 0 Å². The highest BCUT2D eigenvalue weighted by atomic mass is 35.5. The van der Waals surface area contributed by atoms with Crippen molar-refractivity contribution in [1.82, 2.24) is 5.32 Å². The summed E-state index contributed by atoms with van der Waals surface area (Å²) in [5.41, 5.74) is 0.244. The van der Waals surface area contributed by atoms with E-state index < -0.39 is 5.82 Å². The molecule has 1 amide bonds. The summed E-state index contributed by atoms with van der Waals surface area (Å²) in [6.45, 7) is 1.94. The minimum absolute atomic E-state index is 0.0355. The van der Waals surface area contributed by atoms with Gasteiger partial charge in [0.15, 0.2) is 5.78 Å². The Morgan fingerprint density at radius 1 is 1.29 bits per heavy atom. The molecule has 0 bridgehead atoms. The summed E-state index contributed by atoms with van der Waals surface area (Å²) in [6.07, 6.45) is 0.627. The van der Waals surface area contributed by atoms with E-state index in [4.69, 9.17) is 11.6 Å². The molecule has 0 atom stereocenters. The maximum absolute atomic E-state index is 12.9. The smallest absolute Gasteiger partial charge is 0.252 e. The second-order valence-electron chi connectivity index (χ2n) is 4.45. The van der Waals surface area contributed by atoms with E-state index in [-0.39, 0.29) is 22.3 Å². The molecule has 2 rings (SSSR count). The summed E-state index contributed by atoms with van der Waals surface area (Å²) in [7, 11) is 0. The molecule has 110 valence electrons. The van der Waals surface area contributed by atoms with Gasteiger partial charge in [0, 0.05) is 11.4 Å². The van der Waals surface area contributed by atoms with E-state index in [1.807, 2.05) is 6.07 Å². The lowest BCUT2D eigenvalue weighted by Gasteiger charge is -2.06. The Bertz CT molecular complexity index is 684. The summed E-state index contributed by atoms with van der Waals surface area (Å²) in [6, 6.07) is 7.31. The molecule has 0 unspecified atom stereocenters. The third-order valence-corrected chi connectivity index (χ3v) is 4.40. The van der Waals surface area contributed by atoms with E-state index in [1.54, 1.807) is 6.07 Å². The number of Topliss-reactive ketones (excluding diaryl/α,β-unsaturated/α-hetero) is 1. The standard InChI is InChI=1S/C15H13ClFNO2S/c1-9(19)14-5-3-11(21-14)6-7-18-15(20)12-4-2-10(17)8-13(12)16/h2-5,8H,6-7H2,1H3,(H,18,20). The molecule has 1 aromatic carbocycles. The van der Waals surface area contributed by atoms with Crippen LogP contribution < -0.4 is 5.32 Å². The van der Waals surface area contributed by atoms with Gasteiger partial charge in [-0.1, -0.05) is 11.6 Å². The summed E-state index contributed by atoms with van der Waals surface area (Å²) >= 11 is 7.24. The van der Waals surface area contributed by atoms with Crippen molar-refractivity contribution < 1.29 is 14.0 Å². The zero-order chi connectivity index (χ0) is 15.4. The molecule has 6 heteroatoms. The molecule has 21 heavy (non-hydrogen) atoms. The molecule has 0 saturated carbocycles. The number of amides is 1. The number of ketones is 1. The number of thiophene rings is 1. The van der Waals surface area contributed by atoms with Crippen LogP contribution in [0.2, 0.25) is 5.02 Å². The van der Waals surface area contributed by atoms with E-state index >= 15 is 0 Å². The molecule has 0 aliphatic heterocycles. The van der Waals surface area contributed by atoms with Gasteiger partial charge < -0.3 is 5.32 Å². The van der Waals surface area contributed by atoms with Crippen molar-refractivity contribution in [3.05, 3.63) is 56.5 Å². The van der Waals surface area contributed by atoms with Crippen LogP contribution in [-0.4, -0.2) is 18.2 Å². The monoisotopic (exact) mass is 325 g/mol. The number of nitrogens with one attached hydrogen (secondary N) is 1. The molecule has 0 saturated heterocycles. The molecule has 0 radical (unpaired) electrons. The first-order chi connectivity index (χ1) is 9.97. The number of carbonyl (C=O) groups excluding carboxylic acids is 2. The fourth-order valence-corrected chi connectivity index (χ4v) is 2.93. The first kappa shape index (κ1) is 15.7. The molecule has 0 fully saturated rings. The number of hydrogen-bond donors (Lipinski definition) is 1. The second-order valence-corrected chi connectivity index (χ2v) is 6.03. The van der Waals surface area contributed by atoms with Crippen LogP contribution in [0.25, 0.3) is 0 Å². The largest absolute Gasteiger partial charge is 0.352 e. The zero-order valence-electron chi connectivity index (χ0n) is 11.3. The molecule has 2 aromatic rings. The Labute approximate surface area is 130 Å². The molecule has 0 aliphatic carbocycles. The molecular weight excluding hydrogens is 313 g/mol. The zero-order valence-corrected chi connectivity index (χ0v) is 12.9. The van der Waals surface area contributed by atoms with Crippen LogP contribution in [0.15, 0.2) is 30.3 Å². The number of rotatable bonds is 5. The van der Waals surface area contributed by atoms with E-state index in [1.165, 1.54) is 30.4 Å². The van der Waals surface area contributed by atoms with Crippen molar-refractivity contribution in [2.24, 2.45) is 0 Å².